The molecule has 0 N–H and O–H groups in total. The van der Waals surface area contributed by atoms with Crippen molar-refractivity contribution in [3.63, 3.8) is 0 Å². The number of carbonyl (C=O) groups is 1. The minimum absolute atomic E-state index is 0.0236. The van der Waals surface area contributed by atoms with E-state index in [2.05, 4.69) is 0 Å². The van der Waals surface area contributed by atoms with Gasteiger partial charge in [0.25, 0.3) is 0 Å². The first-order valence-electron chi connectivity index (χ1n) is 6.87. The molecule has 0 aromatic heterocycles. The second kappa shape index (κ2) is 5.83. The molecule has 0 aliphatic heterocycles. The average molecular weight is 220 g/mol. The molecule has 88 valence electrons. The van der Waals surface area contributed by atoms with E-state index >= 15 is 0 Å². The molecule has 1 heteroatoms. The molecule has 0 aliphatic carbocycles. The molecule has 0 fully saturated rings. The number of rotatable bonds is 5. The zero-order valence-corrected chi connectivity index (χ0v) is 10.6. The smallest absolute Gasteiger partial charge is 0.139 e. The predicted molar refractivity (Wildman–Crippen MR) is 68.5 cm³/mol. The molecular formula is C15H22O. The van der Waals surface area contributed by atoms with Crippen LogP contribution in [-0.2, 0) is 17.6 Å². The molecule has 0 atom stereocenters. The van der Waals surface area contributed by atoms with Crippen LogP contribution in [0.5, 0.6) is 0 Å². The lowest BCUT2D eigenvalue weighted by Gasteiger charge is -2.08. The third-order valence-electron chi connectivity index (χ3n) is 2.40. The van der Waals surface area contributed by atoms with Gasteiger partial charge in [-0.25, -0.2) is 0 Å². The monoisotopic (exact) mass is 220 g/mol. The topological polar surface area (TPSA) is 17.1 Å². The normalized spacial score (nSPS) is 13.9. The van der Waals surface area contributed by atoms with Crippen LogP contribution in [0.25, 0.3) is 0 Å². The number of hydrogen-bond donors (Lipinski definition) is 0. The minimum atomic E-state index is -1.35. The highest BCUT2D eigenvalue weighted by molar-refractivity contribution is 5.82. The van der Waals surface area contributed by atoms with E-state index in [1.54, 1.807) is 6.07 Å². The Morgan fingerprint density at radius 3 is 2.44 bits per heavy atom. The zero-order valence-electron chi connectivity index (χ0n) is 12.6. The second-order valence-electron chi connectivity index (χ2n) is 4.80. The number of ketones is 1. The van der Waals surface area contributed by atoms with Gasteiger partial charge < -0.3 is 0 Å². The van der Waals surface area contributed by atoms with E-state index in [4.69, 9.17) is 2.74 Å². The summed E-state index contributed by atoms with van der Waals surface area (Å²) in [5, 5.41) is 0. The van der Waals surface area contributed by atoms with Gasteiger partial charge >= 0.3 is 0 Å². The fourth-order valence-corrected chi connectivity index (χ4v) is 1.51. The van der Waals surface area contributed by atoms with Crippen molar-refractivity contribution in [1.29, 1.82) is 0 Å². The zero-order chi connectivity index (χ0) is 13.9. The summed E-state index contributed by atoms with van der Waals surface area (Å²) in [5.74, 6) is 0.126. The summed E-state index contributed by atoms with van der Waals surface area (Å²) in [6.07, 6.45) is -0.962. The number of Topliss-reactive ketones (excluding diaryl/α,β-unsaturated/α-hetero) is 1. The second-order valence-corrected chi connectivity index (χ2v) is 4.80. The van der Waals surface area contributed by atoms with Gasteiger partial charge in [-0.2, -0.15) is 0 Å². The summed E-state index contributed by atoms with van der Waals surface area (Å²) in [7, 11) is 0. The Morgan fingerprint density at radius 1 is 1.25 bits per heavy atom. The van der Waals surface area contributed by atoms with Crippen LogP contribution in [0.15, 0.2) is 24.3 Å². The number of carbonyl (C=O) groups excluding carboxylic acids is 1. The third-order valence-corrected chi connectivity index (χ3v) is 2.40. The summed E-state index contributed by atoms with van der Waals surface area (Å²) in [5.41, 5.74) is 1.56. The molecule has 0 radical (unpaired) electrons. The van der Waals surface area contributed by atoms with Crippen molar-refractivity contribution in [3.8, 4) is 0 Å². The molecule has 1 aromatic rings. The lowest BCUT2D eigenvalue weighted by molar-refractivity contribution is -0.121. The summed E-state index contributed by atoms with van der Waals surface area (Å²) >= 11 is 0. The Hall–Kier alpha value is -1.11. The molecule has 0 unspecified atom stereocenters. The van der Waals surface area contributed by atoms with E-state index in [0.717, 1.165) is 5.56 Å². The van der Waals surface area contributed by atoms with Gasteiger partial charge in [-0.15, -0.1) is 0 Å². The van der Waals surface area contributed by atoms with Gasteiger partial charge in [-0.3, -0.25) is 4.79 Å². The molecule has 0 heterocycles. The highest BCUT2D eigenvalue weighted by Crippen LogP contribution is 2.12. The van der Waals surface area contributed by atoms with Crippen molar-refractivity contribution in [1.82, 2.24) is 0 Å². The summed E-state index contributed by atoms with van der Waals surface area (Å²) < 4.78 is 16.1. The Labute approximate surface area is 102 Å². The molecule has 0 saturated carbocycles. The van der Waals surface area contributed by atoms with Crippen molar-refractivity contribution < 1.29 is 7.54 Å². The van der Waals surface area contributed by atoms with Crippen LogP contribution in [0.3, 0.4) is 0 Å². The largest absolute Gasteiger partial charge is 0.299 e. The van der Waals surface area contributed by atoms with Crippen LogP contribution in [0.4, 0.5) is 0 Å². The molecule has 1 rings (SSSR count). The van der Waals surface area contributed by atoms with Crippen LogP contribution in [0, 0.1) is 11.8 Å². The highest BCUT2D eigenvalue weighted by atomic mass is 16.1. The maximum atomic E-state index is 11.7. The standard InChI is InChI=1S/C15H22O/c1-11(2)8-13-6-5-7-14(9-13)10-15(16)12(3)4/h5-7,9,11-12H,8,10H2,1-4H3/i8D2. The Balaban J connectivity index is 2.96. The third kappa shape index (κ3) is 4.18. The Kier molecular flexibility index (Phi) is 3.67. The summed E-state index contributed by atoms with van der Waals surface area (Å²) in [6.45, 7) is 7.51. The van der Waals surface area contributed by atoms with Gasteiger partial charge in [0.1, 0.15) is 5.78 Å². The van der Waals surface area contributed by atoms with Crippen molar-refractivity contribution in [2.45, 2.75) is 40.5 Å². The van der Waals surface area contributed by atoms with Gasteiger partial charge in [-0.05, 0) is 23.4 Å². The molecule has 16 heavy (non-hydrogen) atoms. The van der Waals surface area contributed by atoms with Crippen LogP contribution in [-0.4, -0.2) is 5.78 Å². The molecule has 1 aromatic carbocycles. The van der Waals surface area contributed by atoms with E-state index in [1.807, 2.05) is 45.9 Å². The van der Waals surface area contributed by atoms with Crippen molar-refractivity contribution in [2.24, 2.45) is 11.8 Å². The van der Waals surface area contributed by atoms with Crippen molar-refractivity contribution in [3.05, 3.63) is 35.4 Å². The van der Waals surface area contributed by atoms with Crippen LogP contribution < -0.4 is 0 Å². The van der Waals surface area contributed by atoms with E-state index < -0.39 is 6.37 Å². The fourth-order valence-electron chi connectivity index (χ4n) is 1.51. The molecule has 0 amide bonds. The SMILES string of the molecule is [2H]C([2H])(c1cccc(CC(=O)C(C)C)c1)C(C)C. The molecular weight excluding hydrogens is 196 g/mol. The molecule has 1 nitrogen and oxygen atoms in total. The molecule has 0 bridgehead atoms. The minimum Gasteiger partial charge on any atom is -0.299 e. The quantitative estimate of drug-likeness (QED) is 0.740. The maximum Gasteiger partial charge on any atom is 0.139 e. The Bertz CT molecular complexity index is 422. The predicted octanol–water partition coefficient (Wildman–Crippen LogP) is 3.65. The van der Waals surface area contributed by atoms with Gasteiger partial charge in [0, 0.05) is 15.1 Å². The van der Waals surface area contributed by atoms with Crippen LogP contribution >= 0.6 is 0 Å². The van der Waals surface area contributed by atoms with Crippen molar-refractivity contribution >= 4 is 5.78 Å². The van der Waals surface area contributed by atoms with Crippen LogP contribution in [0.2, 0.25) is 0 Å². The highest BCUT2D eigenvalue weighted by Gasteiger charge is 2.08. The van der Waals surface area contributed by atoms with Gasteiger partial charge in [0.15, 0.2) is 0 Å². The molecule has 0 saturated heterocycles. The Morgan fingerprint density at radius 2 is 1.88 bits per heavy atom. The van der Waals surface area contributed by atoms with Gasteiger partial charge in [-0.1, -0.05) is 52.0 Å². The lowest BCUT2D eigenvalue weighted by atomic mass is 9.97. The van der Waals surface area contributed by atoms with E-state index in [0.29, 0.717) is 12.0 Å². The first-order chi connectivity index (χ1) is 8.25. The maximum absolute atomic E-state index is 11.7. The van der Waals surface area contributed by atoms with Gasteiger partial charge in [0.05, 0.1) is 0 Å². The molecule has 0 aliphatic rings. The number of hydrogen-bond acceptors (Lipinski definition) is 1. The first-order valence-corrected chi connectivity index (χ1v) is 5.87. The summed E-state index contributed by atoms with van der Waals surface area (Å²) in [4.78, 5) is 11.7. The van der Waals surface area contributed by atoms with E-state index in [9.17, 15) is 4.79 Å². The van der Waals surface area contributed by atoms with E-state index in [-0.39, 0.29) is 17.6 Å². The number of benzene rings is 1. The average Bonchev–Trinajstić information content (AvgIpc) is 2.28. The summed E-state index contributed by atoms with van der Waals surface area (Å²) in [6, 6.07) is 7.34. The first kappa shape index (κ1) is 10.1. The van der Waals surface area contributed by atoms with Crippen LogP contribution in [0.1, 0.15) is 41.6 Å². The molecule has 0 spiro atoms. The van der Waals surface area contributed by atoms with Crippen molar-refractivity contribution in [2.75, 3.05) is 0 Å². The van der Waals surface area contributed by atoms with E-state index in [1.165, 1.54) is 0 Å². The fraction of sp³-hybridized carbons (Fsp3) is 0.533. The lowest BCUT2D eigenvalue weighted by Crippen LogP contribution is -2.10. The van der Waals surface area contributed by atoms with Gasteiger partial charge in [0.2, 0.25) is 0 Å².